The van der Waals surface area contributed by atoms with Crippen LogP contribution in [0, 0.1) is 0 Å². The number of morpholine rings is 1. The summed E-state index contributed by atoms with van der Waals surface area (Å²) < 4.78 is 10.8. The molecule has 1 N–H and O–H groups in total. The number of nitrogens with one attached hydrogen (secondary N) is 1. The number of rotatable bonds is 5. The third-order valence-corrected chi connectivity index (χ3v) is 6.89. The summed E-state index contributed by atoms with van der Waals surface area (Å²) in [6, 6.07) is 16.4. The van der Waals surface area contributed by atoms with Gasteiger partial charge in [0.15, 0.2) is 0 Å². The summed E-state index contributed by atoms with van der Waals surface area (Å²) in [6.45, 7) is 6.92. The van der Waals surface area contributed by atoms with Crippen molar-refractivity contribution in [2.24, 2.45) is 0 Å². The molecule has 0 spiro atoms. The van der Waals surface area contributed by atoms with Gasteiger partial charge in [0.25, 0.3) is 5.91 Å². The molecule has 9 heteroatoms. The molecule has 2 atom stereocenters. The molecule has 35 heavy (non-hydrogen) atoms. The lowest BCUT2D eigenvalue weighted by Crippen LogP contribution is -2.45. The number of thioether (sulfide) groups is 1. The summed E-state index contributed by atoms with van der Waals surface area (Å²) in [5.74, 6) is -0.351. The van der Waals surface area contributed by atoms with Crippen LogP contribution in [0.15, 0.2) is 59.5 Å². The summed E-state index contributed by atoms with van der Waals surface area (Å²) >= 11 is 1.66. The average molecular weight is 498 g/mol. The molecule has 0 bridgehead atoms. The molecule has 0 radical (unpaired) electrons. The number of carbonyl (C=O) groups excluding carboxylic acids is 3. The maximum Gasteiger partial charge on any atom is 0.411 e. The van der Waals surface area contributed by atoms with Crippen molar-refractivity contribution in [3.63, 3.8) is 0 Å². The smallest absolute Gasteiger partial charge is 0.411 e. The predicted molar refractivity (Wildman–Crippen MR) is 136 cm³/mol. The number of anilines is 2. The highest BCUT2D eigenvalue weighted by molar-refractivity contribution is 8.00. The number of likely N-dealkylation sites (tertiary alicyclic amines) is 1. The van der Waals surface area contributed by atoms with Crippen molar-refractivity contribution in [2.75, 3.05) is 36.5 Å². The van der Waals surface area contributed by atoms with E-state index in [0.29, 0.717) is 31.8 Å². The van der Waals surface area contributed by atoms with E-state index in [1.54, 1.807) is 40.9 Å². The molecule has 2 saturated heterocycles. The first-order chi connectivity index (χ1) is 16.7. The number of hydrogen-bond donors (Lipinski definition) is 1. The summed E-state index contributed by atoms with van der Waals surface area (Å²) in [7, 11) is 0. The van der Waals surface area contributed by atoms with Crippen molar-refractivity contribution in [3.05, 3.63) is 54.6 Å². The zero-order chi connectivity index (χ0) is 25.0. The lowest BCUT2D eigenvalue weighted by molar-refractivity contribution is -0.125. The Balaban J connectivity index is 1.45. The SMILES string of the molecule is CC(C)(C)OC(=O)N1C[C@H](Sc2ccccc2)C[C@@H]1C(=O)Nc1ccc(N2CCOCC2=O)cc1. The second-order valence-corrected chi connectivity index (χ2v) is 10.9. The third-order valence-electron chi connectivity index (χ3n) is 5.67. The first-order valence-electron chi connectivity index (χ1n) is 11.7. The van der Waals surface area contributed by atoms with Gasteiger partial charge in [0.2, 0.25) is 5.91 Å². The Morgan fingerprint density at radius 2 is 1.80 bits per heavy atom. The van der Waals surface area contributed by atoms with Gasteiger partial charge in [0.05, 0.1) is 6.61 Å². The Hall–Kier alpha value is -3.04. The molecular weight excluding hydrogens is 466 g/mol. The van der Waals surface area contributed by atoms with Crippen LogP contribution in [0.25, 0.3) is 0 Å². The molecule has 0 aliphatic carbocycles. The highest BCUT2D eigenvalue weighted by atomic mass is 32.2. The van der Waals surface area contributed by atoms with E-state index < -0.39 is 17.7 Å². The van der Waals surface area contributed by atoms with Gasteiger partial charge in [-0.3, -0.25) is 14.5 Å². The van der Waals surface area contributed by atoms with Gasteiger partial charge in [0, 0.05) is 34.6 Å². The fourth-order valence-electron chi connectivity index (χ4n) is 4.09. The van der Waals surface area contributed by atoms with Crippen molar-refractivity contribution in [3.8, 4) is 0 Å². The van der Waals surface area contributed by atoms with Crippen LogP contribution in [-0.4, -0.2) is 66.0 Å². The number of nitrogens with zero attached hydrogens (tertiary/aromatic N) is 2. The maximum atomic E-state index is 13.3. The van der Waals surface area contributed by atoms with Crippen molar-refractivity contribution in [1.82, 2.24) is 4.90 Å². The number of amides is 3. The minimum absolute atomic E-state index is 0.0652. The molecule has 8 nitrogen and oxygen atoms in total. The molecule has 0 unspecified atom stereocenters. The van der Waals surface area contributed by atoms with E-state index in [4.69, 9.17) is 9.47 Å². The van der Waals surface area contributed by atoms with Crippen molar-refractivity contribution in [2.45, 2.75) is 49.0 Å². The third kappa shape index (κ3) is 6.55. The molecule has 186 valence electrons. The second-order valence-electron chi connectivity index (χ2n) is 9.57. The minimum atomic E-state index is -0.657. The Bertz CT molecular complexity index is 1050. The van der Waals surface area contributed by atoms with Gasteiger partial charge in [-0.1, -0.05) is 18.2 Å². The highest BCUT2D eigenvalue weighted by Gasteiger charge is 2.42. The molecule has 2 aliphatic rings. The molecule has 2 aliphatic heterocycles. The number of hydrogen-bond acceptors (Lipinski definition) is 6. The fraction of sp³-hybridized carbons (Fsp3) is 0.423. The van der Waals surface area contributed by atoms with Crippen LogP contribution in [0.4, 0.5) is 16.2 Å². The summed E-state index contributed by atoms with van der Waals surface area (Å²) in [5, 5.41) is 3.00. The van der Waals surface area contributed by atoms with E-state index in [9.17, 15) is 14.4 Å². The van der Waals surface area contributed by atoms with E-state index in [0.717, 1.165) is 10.6 Å². The average Bonchev–Trinajstić information content (AvgIpc) is 3.24. The van der Waals surface area contributed by atoms with Crippen LogP contribution in [-0.2, 0) is 19.1 Å². The number of carbonyl (C=O) groups is 3. The monoisotopic (exact) mass is 497 g/mol. The van der Waals surface area contributed by atoms with Crippen LogP contribution >= 0.6 is 11.8 Å². The Kier molecular flexibility index (Phi) is 7.66. The Morgan fingerprint density at radius 3 is 2.46 bits per heavy atom. The summed E-state index contributed by atoms with van der Waals surface area (Å²) in [5.41, 5.74) is 0.699. The topological polar surface area (TPSA) is 88.2 Å². The molecule has 0 saturated carbocycles. The fourth-order valence-corrected chi connectivity index (χ4v) is 5.30. The van der Waals surface area contributed by atoms with Crippen LogP contribution < -0.4 is 10.2 Å². The molecule has 3 amide bonds. The van der Waals surface area contributed by atoms with Gasteiger partial charge in [-0.2, -0.15) is 0 Å². The van der Waals surface area contributed by atoms with Gasteiger partial charge in [-0.25, -0.2) is 4.79 Å². The van der Waals surface area contributed by atoms with E-state index >= 15 is 0 Å². The lowest BCUT2D eigenvalue weighted by atomic mass is 10.2. The molecule has 2 aromatic carbocycles. The van der Waals surface area contributed by atoms with E-state index in [1.807, 2.05) is 51.1 Å². The van der Waals surface area contributed by atoms with Crippen molar-refractivity contribution in [1.29, 1.82) is 0 Å². The zero-order valence-corrected chi connectivity index (χ0v) is 21.0. The molecule has 2 fully saturated rings. The summed E-state index contributed by atoms with van der Waals surface area (Å²) in [4.78, 5) is 42.6. The normalized spacial score (nSPS) is 20.6. The molecule has 2 aromatic rings. The maximum absolute atomic E-state index is 13.3. The molecule has 0 aromatic heterocycles. The molecule has 4 rings (SSSR count). The Morgan fingerprint density at radius 1 is 1.09 bits per heavy atom. The highest BCUT2D eigenvalue weighted by Crippen LogP contribution is 2.34. The van der Waals surface area contributed by atoms with Gasteiger partial charge < -0.3 is 19.7 Å². The molecule has 2 heterocycles. The number of ether oxygens (including phenoxy) is 2. The van der Waals surface area contributed by atoms with Crippen LogP contribution in [0.2, 0.25) is 0 Å². The van der Waals surface area contributed by atoms with Crippen molar-refractivity contribution < 1.29 is 23.9 Å². The van der Waals surface area contributed by atoms with Crippen molar-refractivity contribution >= 4 is 41.0 Å². The van der Waals surface area contributed by atoms with Crippen LogP contribution in [0.3, 0.4) is 0 Å². The van der Waals surface area contributed by atoms with Gasteiger partial charge in [0.1, 0.15) is 18.2 Å². The predicted octanol–water partition coefficient (Wildman–Crippen LogP) is 4.16. The Labute approximate surface area is 209 Å². The van der Waals surface area contributed by atoms with Crippen LogP contribution in [0.1, 0.15) is 27.2 Å². The first-order valence-corrected chi connectivity index (χ1v) is 12.6. The minimum Gasteiger partial charge on any atom is -0.444 e. The van der Waals surface area contributed by atoms with Gasteiger partial charge >= 0.3 is 6.09 Å². The van der Waals surface area contributed by atoms with Gasteiger partial charge in [-0.05, 0) is 63.6 Å². The molecular formula is C26H31N3O5S. The zero-order valence-electron chi connectivity index (χ0n) is 20.2. The van der Waals surface area contributed by atoms with E-state index in [-0.39, 0.29) is 23.7 Å². The quantitative estimate of drug-likeness (QED) is 0.668. The van der Waals surface area contributed by atoms with E-state index in [1.165, 1.54) is 4.90 Å². The van der Waals surface area contributed by atoms with E-state index in [2.05, 4.69) is 5.32 Å². The summed E-state index contributed by atoms with van der Waals surface area (Å²) in [6.07, 6.45) is 0.0281. The lowest BCUT2D eigenvalue weighted by Gasteiger charge is -2.28. The number of benzene rings is 2. The standard InChI is InChI=1S/C26H31N3O5S/c1-26(2,3)34-25(32)29-16-21(35-20-7-5-4-6-8-20)15-22(29)24(31)27-18-9-11-19(12-10-18)28-13-14-33-17-23(28)30/h4-12,21-22H,13-17H2,1-3H3,(H,27,31)/t21-,22-/m1/s1. The van der Waals surface area contributed by atoms with Gasteiger partial charge in [-0.15, -0.1) is 11.8 Å². The largest absolute Gasteiger partial charge is 0.444 e. The first kappa shape index (κ1) is 25.1. The second kappa shape index (κ2) is 10.7. The van der Waals surface area contributed by atoms with Crippen LogP contribution in [0.5, 0.6) is 0 Å².